The maximum atomic E-state index is 14.2. The van der Waals surface area contributed by atoms with Crippen molar-refractivity contribution in [1.82, 2.24) is 15.2 Å². The zero-order chi connectivity index (χ0) is 28.0. The number of aromatic amines is 1. The van der Waals surface area contributed by atoms with Gasteiger partial charge in [-0.15, -0.1) is 0 Å². The first kappa shape index (κ1) is 25.7. The molecule has 0 aliphatic carbocycles. The second kappa shape index (κ2) is 9.86. The van der Waals surface area contributed by atoms with Crippen molar-refractivity contribution in [1.29, 1.82) is 0 Å². The van der Waals surface area contributed by atoms with Gasteiger partial charge in [-0.25, -0.2) is 9.69 Å². The number of carbonyl (C=O) groups is 3. The number of imide groups is 1. The minimum Gasteiger partial charge on any atom is -0.497 e. The largest absolute Gasteiger partial charge is 0.497 e. The van der Waals surface area contributed by atoms with Gasteiger partial charge < -0.3 is 19.9 Å². The van der Waals surface area contributed by atoms with Gasteiger partial charge >= 0.3 is 6.03 Å². The van der Waals surface area contributed by atoms with E-state index in [0.717, 1.165) is 35.1 Å². The summed E-state index contributed by atoms with van der Waals surface area (Å²) >= 11 is 0. The number of H-pyrrole nitrogens is 1. The van der Waals surface area contributed by atoms with E-state index in [-0.39, 0.29) is 17.9 Å². The quantitative estimate of drug-likeness (QED) is 0.319. The monoisotopic (exact) mass is 536 g/mol. The molecule has 0 spiro atoms. The third-order valence-electron chi connectivity index (χ3n) is 8.24. The van der Waals surface area contributed by atoms with Crippen LogP contribution in [-0.4, -0.2) is 47.4 Å². The van der Waals surface area contributed by atoms with Crippen molar-refractivity contribution in [3.8, 4) is 5.75 Å². The minimum absolute atomic E-state index is 0.0968. The van der Waals surface area contributed by atoms with Crippen molar-refractivity contribution >= 4 is 34.4 Å². The van der Waals surface area contributed by atoms with Crippen LogP contribution in [0.2, 0.25) is 0 Å². The van der Waals surface area contributed by atoms with Gasteiger partial charge in [0.15, 0.2) is 5.54 Å². The molecule has 40 heavy (non-hydrogen) atoms. The standard InChI is InChI=1S/C32H32N4O4/c1-20(13-14-21-9-5-4-6-10-21)33-29(37)24-11-7-8-12-27(24)36-30(38)32(2)28-23(17-18-35(32)31(36)39)25-19-22(40-3)15-16-26(25)34-28/h4-12,15-16,19-20,34H,13-14,17-18H2,1-3H3,(H,33,37)/t20-,32+/m1/s1. The number of hydrogen-bond acceptors (Lipinski definition) is 4. The summed E-state index contributed by atoms with van der Waals surface area (Å²) in [7, 11) is 1.62. The molecule has 2 N–H and O–H groups in total. The Balaban J connectivity index is 1.29. The summed E-state index contributed by atoms with van der Waals surface area (Å²) in [5.74, 6) is 0.0369. The fourth-order valence-corrected chi connectivity index (χ4v) is 6.02. The highest BCUT2D eigenvalue weighted by Gasteiger charge is 2.59. The summed E-state index contributed by atoms with van der Waals surface area (Å²) in [5, 5.41) is 4.04. The summed E-state index contributed by atoms with van der Waals surface area (Å²) in [6, 6.07) is 22.2. The Labute approximate surface area is 232 Å². The normalized spacial score (nSPS) is 19.0. The molecule has 8 nitrogen and oxygen atoms in total. The number of para-hydroxylation sites is 1. The van der Waals surface area contributed by atoms with Crippen molar-refractivity contribution in [2.45, 2.75) is 44.7 Å². The van der Waals surface area contributed by atoms with E-state index in [1.54, 1.807) is 43.2 Å². The first-order chi connectivity index (χ1) is 19.3. The van der Waals surface area contributed by atoms with E-state index in [2.05, 4.69) is 22.4 Å². The Kier molecular flexibility index (Phi) is 6.33. The summed E-state index contributed by atoms with van der Waals surface area (Å²) < 4.78 is 5.42. The van der Waals surface area contributed by atoms with E-state index < -0.39 is 11.6 Å². The van der Waals surface area contributed by atoms with Crippen LogP contribution in [0.5, 0.6) is 5.75 Å². The Morgan fingerprint density at radius 3 is 2.60 bits per heavy atom. The van der Waals surface area contributed by atoms with Crippen LogP contribution in [0.3, 0.4) is 0 Å². The lowest BCUT2D eigenvalue weighted by molar-refractivity contribution is -0.125. The molecular weight excluding hydrogens is 504 g/mol. The number of rotatable bonds is 7. The van der Waals surface area contributed by atoms with Crippen LogP contribution in [-0.2, 0) is 23.2 Å². The maximum Gasteiger partial charge on any atom is 0.332 e. The number of aromatic nitrogens is 1. The lowest BCUT2D eigenvalue weighted by Crippen LogP contribution is -2.49. The van der Waals surface area contributed by atoms with E-state index in [0.29, 0.717) is 29.9 Å². The van der Waals surface area contributed by atoms with Crippen LogP contribution in [0.25, 0.3) is 10.9 Å². The Hall–Kier alpha value is -4.59. The number of carbonyl (C=O) groups excluding carboxylic acids is 3. The number of nitrogens with one attached hydrogen (secondary N) is 2. The Morgan fingerprint density at radius 2 is 1.82 bits per heavy atom. The molecule has 4 amide bonds. The number of urea groups is 1. The summed E-state index contributed by atoms with van der Waals surface area (Å²) in [5.41, 5.74) is 3.17. The first-order valence-corrected chi connectivity index (χ1v) is 13.6. The lowest BCUT2D eigenvalue weighted by atomic mass is 9.87. The van der Waals surface area contributed by atoms with Crippen LogP contribution in [0.1, 0.15) is 47.4 Å². The maximum absolute atomic E-state index is 14.2. The molecule has 3 heterocycles. The van der Waals surface area contributed by atoms with E-state index in [9.17, 15) is 14.4 Å². The Bertz CT molecular complexity index is 1630. The predicted molar refractivity (Wildman–Crippen MR) is 154 cm³/mol. The van der Waals surface area contributed by atoms with Crippen molar-refractivity contribution in [3.05, 3.63) is 95.2 Å². The van der Waals surface area contributed by atoms with Crippen LogP contribution in [0, 0.1) is 0 Å². The van der Waals surface area contributed by atoms with Gasteiger partial charge in [-0.1, -0.05) is 42.5 Å². The highest BCUT2D eigenvalue weighted by molar-refractivity contribution is 6.25. The molecule has 2 aliphatic heterocycles. The SMILES string of the molecule is COc1ccc2[nH]c3c(c2c1)CCN1C(=O)N(c2ccccc2C(=O)N[C@H](C)CCc2ccccc2)C(=O)[C@]31C. The molecule has 0 unspecified atom stereocenters. The Morgan fingerprint density at radius 1 is 1.07 bits per heavy atom. The van der Waals surface area contributed by atoms with Crippen LogP contribution in [0.15, 0.2) is 72.8 Å². The van der Waals surface area contributed by atoms with E-state index in [4.69, 9.17) is 4.74 Å². The average molecular weight is 537 g/mol. The van der Waals surface area contributed by atoms with Gasteiger partial charge in [0, 0.05) is 23.5 Å². The number of methoxy groups -OCH3 is 1. The van der Waals surface area contributed by atoms with E-state index >= 15 is 0 Å². The van der Waals surface area contributed by atoms with E-state index in [1.807, 2.05) is 43.3 Å². The van der Waals surface area contributed by atoms with E-state index in [1.165, 1.54) is 10.5 Å². The molecule has 204 valence electrons. The van der Waals surface area contributed by atoms with Gasteiger partial charge in [-0.05, 0) is 74.6 Å². The van der Waals surface area contributed by atoms with Crippen molar-refractivity contribution < 1.29 is 19.1 Å². The topological polar surface area (TPSA) is 94.7 Å². The highest BCUT2D eigenvalue weighted by atomic mass is 16.5. The molecule has 4 aromatic rings. The molecule has 2 aliphatic rings. The molecule has 1 fully saturated rings. The van der Waals surface area contributed by atoms with Gasteiger partial charge in [0.25, 0.3) is 11.8 Å². The molecule has 1 saturated heterocycles. The molecule has 2 atom stereocenters. The van der Waals surface area contributed by atoms with Gasteiger partial charge in [-0.2, -0.15) is 0 Å². The number of fused-ring (bicyclic) bond motifs is 5. The third-order valence-corrected chi connectivity index (χ3v) is 8.24. The van der Waals surface area contributed by atoms with Gasteiger partial charge in [0.2, 0.25) is 0 Å². The van der Waals surface area contributed by atoms with Crippen LogP contribution >= 0.6 is 0 Å². The molecule has 8 heteroatoms. The van der Waals surface area contributed by atoms with Gasteiger partial charge in [0.1, 0.15) is 5.75 Å². The number of ether oxygens (including phenoxy) is 1. The number of anilines is 1. The number of aryl methyl sites for hydroxylation is 1. The van der Waals surface area contributed by atoms with Crippen LogP contribution < -0.4 is 15.0 Å². The van der Waals surface area contributed by atoms with Crippen molar-refractivity contribution in [3.63, 3.8) is 0 Å². The third kappa shape index (κ3) is 4.02. The van der Waals surface area contributed by atoms with Crippen LogP contribution in [0.4, 0.5) is 10.5 Å². The predicted octanol–water partition coefficient (Wildman–Crippen LogP) is 5.17. The fourth-order valence-electron chi connectivity index (χ4n) is 6.02. The first-order valence-electron chi connectivity index (χ1n) is 13.6. The lowest BCUT2D eigenvalue weighted by Gasteiger charge is -2.35. The smallest absolute Gasteiger partial charge is 0.332 e. The zero-order valence-electron chi connectivity index (χ0n) is 22.9. The molecule has 6 rings (SSSR count). The van der Waals surface area contributed by atoms with Crippen molar-refractivity contribution in [2.24, 2.45) is 0 Å². The highest BCUT2D eigenvalue weighted by Crippen LogP contribution is 2.46. The molecule has 0 saturated carbocycles. The number of amides is 4. The van der Waals surface area contributed by atoms with Gasteiger partial charge in [0.05, 0.1) is 24.1 Å². The number of hydrogen-bond donors (Lipinski definition) is 2. The second-order valence-corrected chi connectivity index (χ2v) is 10.7. The molecule has 3 aromatic carbocycles. The van der Waals surface area contributed by atoms with Gasteiger partial charge in [-0.3, -0.25) is 9.59 Å². The zero-order valence-corrected chi connectivity index (χ0v) is 22.9. The number of nitrogens with zero attached hydrogens (tertiary/aromatic N) is 2. The molecule has 1 aromatic heterocycles. The summed E-state index contributed by atoms with van der Waals surface area (Å²) in [6.45, 7) is 4.13. The minimum atomic E-state index is -1.22. The molecular formula is C32H32N4O4. The molecule has 0 bridgehead atoms. The molecule has 0 radical (unpaired) electrons. The van der Waals surface area contributed by atoms with Crippen molar-refractivity contribution in [2.75, 3.05) is 18.6 Å². The fraction of sp³-hybridized carbons (Fsp3) is 0.281. The summed E-state index contributed by atoms with van der Waals surface area (Å²) in [4.78, 5) is 47.6. The summed E-state index contributed by atoms with van der Waals surface area (Å²) in [6.07, 6.45) is 2.20. The average Bonchev–Trinajstić information content (AvgIpc) is 3.44. The number of benzene rings is 3. The second-order valence-electron chi connectivity index (χ2n) is 10.7.